The van der Waals surface area contributed by atoms with Gasteiger partial charge in [0.1, 0.15) is 24.2 Å². The second-order valence-electron chi connectivity index (χ2n) is 11.5. The van der Waals surface area contributed by atoms with Crippen molar-refractivity contribution >= 4 is 40.8 Å². The van der Waals surface area contributed by atoms with Gasteiger partial charge in [0, 0.05) is 6.42 Å². The maximum Gasteiger partial charge on any atom is 0.243 e. The fourth-order valence-electron chi connectivity index (χ4n) is 4.88. The summed E-state index contributed by atoms with van der Waals surface area (Å²) >= 11 is 0. The minimum absolute atomic E-state index is 0.107. The first kappa shape index (κ1) is 35.2. The van der Waals surface area contributed by atoms with Crippen molar-refractivity contribution in [1.29, 1.82) is 0 Å². The largest absolute Gasteiger partial charge is 0.368 e. The van der Waals surface area contributed by atoms with Gasteiger partial charge in [-0.2, -0.15) is 0 Å². The van der Waals surface area contributed by atoms with Gasteiger partial charge >= 0.3 is 0 Å². The minimum atomic E-state index is -0.975. The van der Waals surface area contributed by atoms with Gasteiger partial charge in [0.05, 0.1) is 0 Å². The van der Waals surface area contributed by atoms with E-state index in [1.165, 1.54) is 0 Å². The van der Waals surface area contributed by atoms with E-state index in [0.29, 0.717) is 45.1 Å². The van der Waals surface area contributed by atoms with Gasteiger partial charge in [-0.25, -0.2) is 0 Å². The van der Waals surface area contributed by atoms with Crippen molar-refractivity contribution in [2.75, 3.05) is 6.54 Å². The molecule has 0 bridgehead atoms. The van der Waals surface area contributed by atoms with E-state index in [2.05, 4.69) is 21.3 Å². The molecule has 11 heteroatoms. The number of benzene rings is 2. The van der Waals surface area contributed by atoms with Crippen LogP contribution in [0, 0.1) is 11.8 Å². The van der Waals surface area contributed by atoms with Crippen molar-refractivity contribution in [1.82, 2.24) is 21.3 Å². The third kappa shape index (κ3) is 11.3. The van der Waals surface area contributed by atoms with Crippen LogP contribution in [0.5, 0.6) is 0 Å². The van der Waals surface area contributed by atoms with E-state index < -0.39 is 47.8 Å². The van der Waals surface area contributed by atoms with Crippen LogP contribution in [-0.4, -0.2) is 60.8 Å². The lowest BCUT2D eigenvalue weighted by Crippen LogP contribution is -2.59. The molecule has 8 N–H and O–H groups in total. The Morgan fingerprint density at radius 2 is 1.49 bits per heavy atom. The molecule has 0 aliphatic heterocycles. The molecule has 2 rings (SSSR count). The molecule has 0 aliphatic rings. The lowest BCUT2D eigenvalue weighted by Gasteiger charge is -2.29. The first-order valence-corrected chi connectivity index (χ1v) is 15.1. The van der Waals surface area contributed by atoms with Crippen molar-refractivity contribution in [3.8, 4) is 0 Å². The summed E-state index contributed by atoms with van der Waals surface area (Å²) in [5, 5.41) is 12.9. The molecule has 0 saturated carbocycles. The Morgan fingerprint density at radius 1 is 0.837 bits per heavy atom. The molecule has 2 aromatic rings. The number of rotatable bonds is 19. The lowest BCUT2D eigenvalue weighted by atomic mass is 9.96. The molecular formula is C32H48N6O5. The number of nitrogens with one attached hydrogen (secondary N) is 4. The topological polar surface area (TPSA) is 186 Å². The number of amides is 5. The summed E-state index contributed by atoms with van der Waals surface area (Å²) in [6.07, 6.45) is 3.12. The van der Waals surface area contributed by atoms with Crippen LogP contribution in [-0.2, 0) is 30.4 Å². The second kappa shape index (κ2) is 17.8. The first-order valence-electron chi connectivity index (χ1n) is 15.1. The van der Waals surface area contributed by atoms with Crippen molar-refractivity contribution < 1.29 is 24.0 Å². The van der Waals surface area contributed by atoms with E-state index >= 15 is 0 Å². The molecule has 0 saturated heterocycles. The Labute approximate surface area is 254 Å². The molecule has 0 aromatic heterocycles. The summed E-state index contributed by atoms with van der Waals surface area (Å²) in [7, 11) is 0. The number of unbranched alkanes of at least 4 members (excludes halogenated alkanes) is 1. The Kier molecular flexibility index (Phi) is 14.6. The Hall–Kier alpha value is -3.99. The van der Waals surface area contributed by atoms with Crippen molar-refractivity contribution in [3.63, 3.8) is 0 Å². The van der Waals surface area contributed by atoms with E-state index in [1.54, 1.807) is 0 Å². The molecular weight excluding hydrogens is 548 g/mol. The van der Waals surface area contributed by atoms with Crippen molar-refractivity contribution in [2.45, 2.75) is 90.4 Å². The number of primary amides is 1. The summed E-state index contributed by atoms with van der Waals surface area (Å²) in [6, 6.07) is 9.92. The molecule has 236 valence electrons. The molecule has 0 unspecified atom stereocenters. The molecule has 0 heterocycles. The van der Waals surface area contributed by atoms with Crippen LogP contribution in [0.4, 0.5) is 0 Å². The third-order valence-corrected chi connectivity index (χ3v) is 7.58. The van der Waals surface area contributed by atoms with Gasteiger partial charge < -0.3 is 32.7 Å². The van der Waals surface area contributed by atoms with Crippen molar-refractivity contribution in [2.24, 2.45) is 23.3 Å². The number of nitrogens with two attached hydrogens (primary N) is 2. The number of hydrogen-bond acceptors (Lipinski definition) is 6. The fraction of sp³-hybridized carbons (Fsp3) is 0.531. The van der Waals surface area contributed by atoms with E-state index in [1.807, 2.05) is 70.2 Å². The van der Waals surface area contributed by atoms with Gasteiger partial charge in [-0.1, -0.05) is 76.6 Å². The molecule has 43 heavy (non-hydrogen) atoms. The molecule has 0 aliphatic carbocycles. The number of carbonyl (C=O) groups is 5. The molecule has 2 aromatic carbocycles. The van der Waals surface area contributed by atoms with E-state index in [0.717, 1.165) is 16.3 Å². The third-order valence-electron chi connectivity index (χ3n) is 7.58. The van der Waals surface area contributed by atoms with Gasteiger partial charge in [0.25, 0.3) is 0 Å². The SMILES string of the molecule is CC[C@H](C)[C@H](NC(=O)[C@H](Cc1ccc2ccccc2c1)NC=O)C(=O)N[C@@H](CCCCN)C(=O)N[C@@H](CC(C)C)C(N)=O. The lowest BCUT2D eigenvalue weighted by molar-refractivity contribution is -0.135. The van der Waals surface area contributed by atoms with E-state index in [-0.39, 0.29) is 18.3 Å². The van der Waals surface area contributed by atoms with Crippen LogP contribution in [0.3, 0.4) is 0 Å². The van der Waals surface area contributed by atoms with Crippen LogP contribution in [0.25, 0.3) is 10.8 Å². The number of carbonyl (C=O) groups excluding carboxylic acids is 5. The number of hydrogen-bond donors (Lipinski definition) is 6. The van der Waals surface area contributed by atoms with Gasteiger partial charge in [0.2, 0.25) is 30.0 Å². The van der Waals surface area contributed by atoms with Gasteiger partial charge in [0.15, 0.2) is 0 Å². The normalized spacial score (nSPS) is 14.7. The average Bonchev–Trinajstić information content (AvgIpc) is 2.97. The van der Waals surface area contributed by atoms with E-state index in [4.69, 9.17) is 11.5 Å². The highest BCUT2D eigenvalue weighted by molar-refractivity contribution is 5.95. The van der Waals surface area contributed by atoms with E-state index in [9.17, 15) is 24.0 Å². The molecule has 0 radical (unpaired) electrons. The highest BCUT2D eigenvalue weighted by atomic mass is 16.2. The first-order chi connectivity index (χ1) is 20.5. The molecule has 11 nitrogen and oxygen atoms in total. The van der Waals surface area contributed by atoms with Crippen LogP contribution in [0.1, 0.15) is 65.4 Å². The predicted octanol–water partition coefficient (Wildman–Crippen LogP) is 1.66. The fourth-order valence-corrected chi connectivity index (χ4v) is 4.88. The molecule has 5 amide bonds. The summed E-state index contributed by atoms with van der Waals surface area (Å²) in [4.78, 5) is 63.7. The molecule has 5 atom stereocenters. The highest BCUT2D eigenvalue weighted by Gasteiger charge is 2.33. The van der Waals surface area contributed by atoms with Crippen LogP contribution < -0.4 is 32.7 Å². The zero-order valence-corrected chi connectivity index (χ0v) is 25.7. The van der Waals surface area contributed by atoms with Crippen LogP contribution in [0.2, 0.25) is 0 Å². The Morgan fingerprint density at radius 3 is 2.09 bits per heavy atom. The van der Waals surface area contributed by atoms with Gasteiger partial charge in [-0.05, 0) is 60.4 Å². The second-order valence-corrected chi connectivity index (χ2v) is 11.5. The number of fused-ring (bicyclic) bond motifs is 1. The molecule has 0 fully saturated rings. The standard InChI is InChI=1S/C32H48N6O5/c1-5-21(4)28(32(43)36-25(12-8-9-15-33)30(41)37-26(29(34)40)16-20(2)3)38-31(42)27(35-19-39)18-22-13-14-23-10-6-7-11-24(23)17-22/h6-7,10-11,13-14,17,19-21,25-28H,5,8-9,12,15-16,18,33H2,1-4H3,(H2,34,40)(H,35,39)(H,36,43)(H,37,41)(H,38,42)/t21-,25-,26-,27-,28-/m0/s1. The van der Waals surface area contributed by atoms with Crippen LogP contribution >= 0.6 is 0 Å². The van der Waals surface area contributed by atoms with Crippen molar-refractivity contribution in [3.05, 3.63) is 48.0 Å². The zero-order valence-electron chi connectivity index (χ0n) is 25.7. The Bertz CT molecular complexity index is 1240. The monoisotopic (exact) mass is 596 g/mol. The maximum absolute atomic E-state index is 13.6. The summed E-state index contributed by atoms with van der Waals surface area (Å²) < 4.78 is 0. The smallest absolute Gasteiger partial charge is 0.243 e. The van der Waals surface area contributed by atoms with Gasteiger partial charge in [-0.3, -0.25) is 24.0 Å². The minimum Gasteiger partial charge on any atom is -0.368 e. The molecule has 0 spiro atoms. The quantitative estimate of drug-likeness (QED) is 0.106. The van der Waals surface area contributed by atoms with Crippen LogP contribution in [0.15, 0.2) is 42.5 Å². The summed E-state index contributed by atoms with van der Waals surface area (Å²) in [5.41, 5.74) is 12.0. The maximum atomic E-state index is 13.6. The highest BCUT2D eigenvalue weighted by Crippen LogP contribution is 2.17. The Balaban J connectivity index is 2.22. The van der Waals surface area contributed by atoms with Gasteiger partial charge in [-0.15, -0.1) is 0 Å². The predicted molar refractivity (Wildman–Crippen MR) is 167 cm³/mol. The summed E-state index contributed by atoms with van der Waals surface area (Å²) in [5.74, 6) is -2.41. The average molecular weight is 597 g/mol. The zero-order chi connectivity index (χ0) is 31.9. The summed E-state index contributed by atoms with van der Waals surface area (Å²) in [6.45, 7) is 7.96.